The van der Waals surface area contributed by atoms with Crippen LogP contribution in [0.5, 0.6) is 0 Å². The van der Waals surface area contributed by atoms with E-state index >= 15 is 0 Å². The van der Waals surface area contributed by atoms with Gasteiger partial charge in [-0.1, -0.05) is 59.7 Å². The van der Waals surface area contributed by atoms with Crippen LogP contribution in [0.15, 0.2) is 48.5 Å². The maximum atomic E-state index is 13.3. The highest BCUT2D eigenvalue weighted by molar-refractivity contribution is 7.85. The Bertz CT molecular complexity index is 771. The van der Waals surface area contributed by atoms with Crippen LogP contribution in [0.4, 0.5) is 0 Å². The molecule has 0 aliphatic carbocycles. The highest BCUT2D eigenvalue weighted by Gasteiger charge is 2.27. The van der Waals surface area contributed by atoms with Gasteiger partial charge in [0.2, 0.25) is 0 Å². The van der Waals surface area contributed by atoms with E-state index < -0.39 is 16.8 Å². The summed E-state index contributed by atoms with van der Waals surface area (Å²) in [6.45, 7) is 6.23. The van der Waals surface area contributed by atoms with Gasteiger partial charge in [0.15, 0.2) is 0 Å². The van der Waals surface area contributed by atoms with Gasteiger partial charge in [0.05, 0.1) is 11.2 Å². The fourth-order valence-corrected chi connectivity index (χ4v) is 5.37. The lowest BCUT2D eigenvalue weighted by Gasteiger charge is -2.30. The lowest BCUT2D eigenvalue weighted by molar-refractivity contribution is -0.143. The molecule has 2 atom stereocenters. The number of nitrogens with zero attached hydrogens (tertiary/aromatic N) is 1. The molecule has 1 aliphatic heterocycles. The number of hydrogen-bond acceptors (Lipinski definition) is 3. The Kier molecular flexibility index (Phi) is 7.03. The van der Waals surface area contributed by atoms with Gasteiger partial charge >= 0.3 is 5.97 Å². The summed E-state index contributed by atoms with van der Waals surface area (Å²) in [5.74, 6) is -0.478. The van der Waals surface area contributed by atoms with Gasteiger partial charge in [-0.15, -0.1) is 0 Å². The van der Waals surface area contributed by atoms with Crippen LogP contribution in [0.2, 0.25) is 0 Å². The van der Waals surface area contributed by atoms with E-state index in [-0.39, 0.29) is 11.2 Å². The molecule has 1 heterocycles. The number of likely N-dealkylation sites (tertiary alicyclic amines) is 1. The lowest BCUT2D eigenvalue weighted by atomic mass is 9.98. The minimum Gasteiger partial charge on any atom is -0.481 e. The number of rotatable bonds is 7. The number of carbonyl (C=O) groups is 1. The number of benzene rings is 2. The quantitative estimate of drug-likeness (QED) is 0.766. The van der Waals surface area contributed by atoms with Crippen molar-refractivity contribution in [3.63, 3.8) is 0 Å². The molecule has 0 spiro atoms. The zero-order valence-electron chi connectivity index (χ0n) is 16.6. The Morgan fingerprint density at radius 1 is 1.07 bits per heavy atom. The van der Waals surface area contributed by atoms with E-state index in [1.807, 2.05) is 0 Å². The molecule has 1 unspecified atom stereocenters. The van der Waals surface area contributed by atoms with Gasteiger partial charge in [-0.2, -0.15) is 0 Å². The molecule has 1 N–H and O–H groups in total. The molecule has 3 rings (SSSR count). The molecule has 5 heteroatoms. The van der Waals surface area contributed by atoms with E-state index in [9.17, 15) is 14.1 Å². The average Bonchev–Trinajstić information content (AvgIpc) is 2.69. The smallest absolute Gasteiger partial charge is 0.307 e. The molecule has 4 nitrogen and oxygen atoms in total. The highest BCUT2D eigenvalue weighted by Crippen LogP contribution is 2.29. The predicted octanol–water partition coefficient (Wildman–Crippen LogP) is 3.94. The molecule has 2 aromatic rings. The molecule has 1 aliphatic rings. The van der Waals surface area contributed by atoms with Crippen molar-refractivity contribution in [3.8, 4) is 0 Å². The van der Waals surface area contributed by atoms with Crippen LogP contribution in [-0.4, -0.2) is 45.6 Å². The van der Waals surface area contributed by atoms with Crippen LogP contribution in [0.25, 0.3) is 0 Å². The van der Waals surface area contributed by atoms with E-state index in [1.165, 1.54) is 11.1 Å². The van der Waals surface area contributed by atoms with Gasteiger partial charge < -0.3 is 10.0 Å². The van der Waals surface area contributed by atoms with Gasteiger partial charge in [0.1, 0.15) is 0 Å². The monoisotopic (exact) mass is 399 g/mol. The van der Waals surface area contributed by atoms with Crippen molar-refractivity contribution in [2.24, 2.45) is 5.92 Å². The summed E-state index contributed by atoms with van der Waals surface area (Å²) in [7, 11) is -1.09. The van der Waals surface area contributed by atoms with Gasteiger partial charge in [-0.3, -0.25) is 9.00 Å². The second kappa shape index (κ2) is 9.48. The van der Waals surface area contributed by atoms with E-state index in [0.717, 1.165) is 30.5 Å². The second-order valence-electron chi connectivity index (χ2n) is 7.76. The summed E-state index contributed by atoms with van der Waals surface area (Å²) in [5.41, 5.74) is 4.50. The molecule has 1 saturated heterocycles. The summed E-state index contributed by atoms with van der Waals surface area (Å²) in [6.07, 6.45) is 1.63. The number of carboxylic acid groups (broad SMARTS) is 1. The van der Waals surface area contributed by atoms with Crippen LogP contribution in [0, 0.1) is 19.8 Å². The Balaban J connectivity index is 1.74. The zero-order valence-corrected chi connectivity index (χ0v) is 17.5. The van der Waals surface area contributed by atoms with Crippen LogP contribution < -0.4 is 0 Å². The molecule has 0 bridgehead atoms. The molecule has 0 saturated carbocycles. The number of aliphatic carboxylic acids is 1. The van der Waals surface area contributed by atoms with Crippen LogP contribution >= 0.6 is 0 Å². The molecule has 0 amide bonds. The Morgan fingerprint density at radius 2 is 1.61 bits per heavy atom. The van der Waals surface area contributed by atoms with Gasteiger partial charge in [-0.25, -0.2) is 0 Å². The number of hydrogen-bond donors (Lipinski definition) is 1. The summed E-state index contributed by atoms with van der Waals surface area (Å²) in [5, 5.41) is 9.11. The molecular formula is C23H29NO3S. The molecule has 150 valence electrons. The molecule has 0 radical (unpaired) electrons. The fourth-order valence-electron chi connectivity index (χ4n) is 3.78. The van der Waals surface area contributed by atoms with Crippen molar-refractivity contribution in [1.82, 2.24) is 4.90 Å². The SMILES string of the molecule is Cc1ccc(C(c2ccc(C)cc2)S(=O)CCN2CCC[C@@H](C(=O)O)C2)cc1. The minimum atomic E-state index is -1.09. The summed E-state index contributed by atoms with van der Waals surface area (Å²) in [6, 6.07) is 16.5. The molecule has 1 fully saturated rings. The Hall–Kier alpha value is -1.98. The minimum absolute atomic E-state index is 0.165. The maximum Gasteiger partial charge on any atom is 0.307 e. The Morgan fingerprint density at radius 3 is 2.11 bits per heavy atom. The van der Waals surface area contributed by atoms with Gasteiger partial charge in [0.25, 0.3) is 0 Å². The van der Waals surface area contributed by atoms with Crippen LogP contribution in [0.1, 0.15) is 40.3 Å². The van der Waals surface area contributed by atoms with Crippen LogP contribution in [0.3, 0.4) is 0 Å². The van der Waals surface area contributed by atoms with Crippen molar-refractivity contribution < 1.29 is 14.1 Å². The summed E-state index contributed by atoms with van der Waals surface area (Å²) < 4.78 is 13.3. The lowest BCUT2D eigenvalue weighted by Crippen LogP contribution is -2.40. The number of piperidine rings is 1. The Labute approximate surface area is 170 Å². The molecule has 0 aromatic heterocycles. The standard InChI is InChI=1S/C23H29NO3S/c1-17-5-9-19(10-6-17)22(20-11-7-18(2)8-12-20)28(27)15-14-24-13-3-4-21(16-24)23(25)26/h5-12,21-22H,3-4,13-16H2,1-2H3,(H,25,26)/t21-,28?/m1/s1. The third-order valence-electron chi connectivity index (χ3n) is 5.49. The number of aryl methyl sites for hydroxylation is 2. The van der Waals surface area contributed by atoms with Gasteiger partial charge in [0, 0.05) is 29.6 Å². The molecule has 2 aromatic carbocycles. The van der Waals surface area contributed by atoms with Gasteiger partial charge in [-0.05, 0) is 44.4 Å². The third-order valence-corrected chi connectivity index (χ3v) is 7.14. The molecular weight excluding hydrogens is 370 g/mol. The van der Waals surface area contributed by atoms with Crippen LogP contribution in [-0.2, 0) is 15.6 Å². The van der Waals surface area contributed by atoms with Crippen molar-refractivity contribution in [3.05, 3.63) is 70.8 Å². The normalized spacial score (nSPS) is 18.9. The number of carboxylic acids is 1. The van der Waals surface area contributed by atoms with Crippen molar-refractivity contribution in [1.29, 1.82) is 0 Å². The van der Waals surface area contributed by atoms with Crippen molar-refractivity contribution in [2.75, 3.05) is 25.4 Å². The maximum absolute atomic E-state index is 13.3. The van der Waals surface area contributed by atoms with Crippen molar-refractivity contribution in [2.45, 2.75) is 31.9 Å². The largest absolute Gasteiger partial charge is 0.481 e. The first kappa shape index (κ1) is 20.7. The van der Waals surface area contributed by atoms with E-state index in [2.05, 4.69) is 67.3 Å². The van der Waals surface area contributed by atoms with E-state index in [1.54, 1.807) is 0 Å². The topological polar surface area (TPSA) is 57.6 Å². The first-order valence-electron chi connectivity index (χ1n) is 9.89. The first-order valence-corrected chi connectivity index (χ1v) is 11.3. The second-order valence-corrected chi connectivity index (χ2v) is 9.41. The summed E-state index contributed by atoms with van der Waals surface area (Å²) >= 11 is 0. The van der Waals surface area contributed by atoms with Crippen molar-refractivity contribution >= 4 is 16.8 Å². The molecule has 28 heavy (non-hydrogen) atoms. The zero-order chi connectivity index (χ0) is 20.1. The highest BCUT2D eigenvalue weighted by atomic mass is 32.2. The van der Waals surface area contributed by atoms with E-state index in [4.69, 9.17) is 0 Å². The first-order chi connectivity index (χ1) is 13.4. The average molecular weight is 400 g/mol. The predicted molar refractivity (Wildman–Crippen MR) is 114 cm³/mol. The fraction of sp³-hybridized carbons (Fsp3) is 0.435. The van der Waals surface area contributed by atoms with E-state index in [0.29, 0.717) is 18.8 Å². The summed E-state index contributed by atoms with van der Waals surface area (Å²) in [4.78, 5) is 13.4. The third kappa shape index (κ3) is 5.30.